The lowest BCUT2D eigenvalue weighted by Crippen LogP contribution is -2.44. The Morgan fingerprint density at radius 3 is 2.50 bits per heavy atom. The molecule has 0 unspecified atom stereocenters. The van der Waals surface area contributed by atoms with Gasteiger partial charge >= 0.3 is 12.0 Å². The molecule has 1 aliphatic heterocycles. The molecule has 1 fully saturated rings. The second-order valence-corrected chi connectivity index (χ2v) is 4.98. The normalized spacial score (nSPS) is 16.4. The van der Waals surface area contributed by atoms with Gasteiger partial charge in [-0.15, -0.1) is 0 Å². The molecule has 1 aliphatic rings. The Bertz CT molecular complexity index is 320. The maximum absolute atomic E-state index is 11.8. The summed E-state index contributed by atoms with van der Waals surface area (Å²) >= 11 is 0. The van der Waals surface area contributed by atoms with Crippen LogP contribution in [-0.2, 0) is 4.79 Å². The molecule has 0 aromatic rings. The maximum Gasteiger partial charge on any atom is 0.317 e. The van der Waals surface area contributed by atoms with Gasteiger partial charge in [-0.3, -0.25) is 4.79 Å². The van der Waals surface area contributed by atoms with E-state index in [1.807, 2.05) is 6.92 Å². The monoisotopic (exact) mass is 254 g/mol. The molecule has 0 aromatic carbocycles. The summed E-state index contributed by atoms with van der Waals surface area (Å²) < 4.78 is 0. The summed E-state index contributed by atoms with van der Waals surface area (Å²) in [6, 6.07) is -0.0466. The Kier molecular flexibility index (Phi) is 5.68. The highest BCUT2D eigenvalue weighted by atomic mass is 16.4. The first-order chi connectivity index (χ1) is 8.49. The van der Waals surface area contributed by atoms with E-state index >= 15 is 0 Å². The second kappa shape index (κ2) is 7.03. The van der Waals surface area contributed by atoms with Crippen LogP contribution in [0.4, 0.5) is 4.79 Å². The number of piperidine rings is 1. The Morgan fingerprint density at radius 2 is 2.00 bits per heavy atom. The van der Waals surface area contributed by atoms with Gasteiger partial charge in [0.05, 0.1) is 0 Å². The molecular formula is C13H22N2O3. The Balaban J connectivity index is 2.24. The van der Waals surface area contributed by atoms with Crippen LogP contribution in [0.15, 0.2) is 12.2 Å². The summed E-state index contributed by atoms with van der Waals surface area (Å²) in [5.74, 6) is -0.303. The topological polar surface area (TPSA) is 69.6 Å². The number of amides is 2. The number of rotatable bonds is 5. The number of carbonyl (C=O) groups excluding carboxylic acids is 1. The first kappa shape index (κ1) is 14.5. The average Bonchev–Trinajstić information content (AvgIpc) is 2.34. The van der Waals surface area contributed by atoms with E-state index in [-0.39, 0.29) is 12.5 Å². The SMILES string of the molecule is C=C(C)CNC(=O)N1CCC(CCC(=O)O)CC1. The molecule has 5 nitrogen and oxygen atoms in total. The molecule has 18 heavy (non-hydrogen) atoms. The Hall–Kier alpha value is -1.52. The molecule has 0 saturated carbocycles. The zero-order valence-electron chi connectivity index (χ0n) is 10.9. The molecule has 0 aromatic heterocycles. The van der Waals surface area contributed by atoms with Gasteiger partial charge in [-0.1, -0.05) is 12.2 Å². The first-order valence-corrected chi connectivity index (χ1v) is 6.38. The van der Waals surface area contributed by atoms with E-state index in [4.69, 9.17) is 5.11 Å². The summed E-state index contributed by atoms with van der Waals surface area (Å²) in [7, 11) is 0. The predicted octanol–water partition coefficient (Wildman–Crippen LogP) is 1.85. The zero-order valence-corrected chi connectivity index (χ0v) is 10.9. The van der Waals surface area contributed by atoms with E-state index in [2.05, 4.69) is 11.9 Å². The molecule has 1 heterocycles. The highest BCUT2D eigenvalue weighted by molar-refractivity contribution is 5.74. The third-order valence-electron chi connectivity index (χ3n) is 3.21. The summed E-state index contributed by atoms with van der Waals surface area (Å²) in [6.45, 7) is 7.55. The van der Waals surface area contributed by atoms with Gasteiger partial charge in [-0.25, -0.2) is 4.79 Å². The van der Waals surface area contributed by atoms with Gasteiger partial charge in [0, 0.05) is 26.1 Å². The van der Waals surface area contributed by atoms with Crippen LogP contribution in [0.3, 0.4) is 0 Å². The molecule has 5 heteroatoms. The van der Waals surface area contributed by atoms with Gasteiger partial charge in [0.25, 0.3) is 0 Å². The third kappa shape index (κ3) is 5.21. The van der Waals surface area contributed by atoms with Crippen LogP contribution in [0.5, 0.6) is 0 Å². The lowest BCUT2D eigenvalue weighted by Gasteiger charge is -2.31. The largest absolute Gasteiger partial charge is 0.481 e. The van der Waals surface area contributed by atoms with Crippen molar-refractivity contribution in [2.45, 2.75) is 32.6 Å². The molecule has 2 amide bonds. The van der Waals surface area contributed by atoms with Crippen molar-refractivity contribution < 1.29 is 14.7 Å². The van der Waals surface area contributed by atoms with E-state index in [1.165, 1.54) is 0 Å². The minimum Gasteiger partial charge on any atom is -0.481 e. The number of hydrogen-bond acceptors (Lipinski definition) is 2. The number of likely N-dealkylation sites (tertiary alicyclic amines) is 1. The number of hydrogen-bond donors (Lipinski definition) is 2. The number of carboxylic acids is 1. The molecule has 0 spiro atoms. The van der Waals surface area contributed by atoms with E-state index in [1.54, 1.807) is 4.90 Å². The van der Waals surface area contributed by atoms with Crippen molar-refractivity contribution in [3.8, 4) is 0 Å². The van der Waals surface area contributed by atoms with Gasteiger partial charge in [0.1, 0.15) is 0 Å². The average molecular weight is 254 g/mol. The quantitative estimate of drug-likeness (QED) is 0.736. The molecule has 0 bridgehead atoms. The van der Waals surface area contributed by atoms with E-state index in [0.717, 1.165) is 24.8 Å². The van der Waals surface area contributed by atoms with Crippen molar-refractivity contribution in [2.75, 3.05) is 19.6 Å². The molecule has 102 valence electrons. The maximum atomic E-state index is 11.8. The molecule has 0 radical (unpaired) electrons. The number of aliphatic carboxylic acids is 1. The summed E-state index contributed by atoms with van der Waals surface area (Å²) in [5, 5.41) is 11.4. The van der Waals surface area contributed by atoms with Crippen LogP contribution in [0.2, 0.25) is 0 Å². The molecular weight excluding hydrogens is 232 g/mol. The molecule has 0 aliphatic carbocycles. The second-order valence-electron chi connectivity index (χ2n) is 4.98. The Morgan fingerprint density at radius 1 is 1.39 bits per heavy atom. The van der Waals surface area contributed by atoms with Crippen molar-refractivity contribution in [3.05, 3.63) is 12.2 Å². The smallest absolute Gasteiger partial charge is 0.317 e. The zero-order chi connectivity index (χ0) is 13.5. The standard InChI is InChI=1S/C13H22N2O3/c1-10(2)9-14-13(18)15-7-5-11(6-8-15)3-4-12(16)17/h11H,1,3-9H2,2H3,(H,14,18)(H,16,17). The fourth-order valence-corrected chi connectivity index (χ4v) is 2.09. The van der Waals surface area contributed by atoms with Crippen molar-refractivity contribution in [3.63, 3.8) is 0 Å². The number of nitrogens with one attached hydrogen (secondary N) is 1. The van der Waals surface area contributed by atoms with Crippen LogP contribution in [0.1, 0.15) is 32.6 Å². The van der Waals surface area contributed by atoms with Crippen LogP contribution >= 0.6 is 0 Å². The van der Waals surface area contributed by atoms with Crippen LogP contribution in [-0.4, -0.2) is 41.6 Å². The van der Waals surface area contributed by atoms with E-state index in [9.17, 15) is 9.59 Å². The lowest BCUT2D eigenvalue weighted by molar-refractivity contribution is -0.137. The first-order valence-electron chi connectivity index (χ1n) is 6.38. The van der Waals surface area contributed by atoms with Crippen molar-refractivity contribution >= 4 is 12.0 Å². The van der Waals surface area contributed by atoms with E-state index in [0.29, 0.717) is 25.6 Å². The van der Waals surface area contributed by atoms with Crippen molar-refractivity contribution in [1.29, 1.82) is 0 Å². The Labute approximate surface area is 108 Å². The van der Waals surface area contributed by atoms with Gasteiger partial charge in [0.15, 0.2) is 0 Å². The van der Waals surface area contributed by atoms with Crippen molar-refractivity contribution in [2.24, 2.45) is 5.92 Å². The van der Waals surface area contributed by atoms with Gasteiger partial charge in [-0.05, 0) is 32.1 Å². The molecule has 2 N–H and O–H groups in total. The van der Waals surface area contributed by atoms with Crippen molar-refractivity contribution in [1.82, 2.24) is 10.2 Å². The summed E-state index contributed by atoms with van der Waals surface area (Å²) in [6.07, 6.45) is 2.74. The number of carboxylic acid groups (broad SMARTS) is 1. The lowest BCUT2D eigenvalue weighted by atomic mass is 9.92. The van der Waals surface area contributed by atoms with Gasteiger partial charge < -0.3 is 15.3 Å². The van der Waals surface area contributed by atoms with Gasteiger partial charge in [0.2, 0.25) is 0 Å². The van der Waals surface area contributed by atoms with Crippen LogP contribution in [0, 0.1) is 5.92 Å². The molecule has 0 atom stereocenters. The number of carbonyl (C=O) groups is 2. The highest BCUT2D eigenvalue weighted by Crippen LogP contribution is 2.21. The summed E-state index contributed by atoms with van der Waals surface area (Å²) in [4.78, 5) is 24.0. The predicted molar refractivity (Wildman–Crippen MR) is 69.4 cm³/mol. The van der Waals surface area contributed by atoms with E-state index < -0.39 is 5.97 Å². The number of nitrogens with zero attached hydrogens (tertiary/aromatic N) is 1. The van der Waals surface area contributed by atoms with Crippen LogP contribution < -0.4 is 5.32 Å². The minimum absolute atomic E-state index is 0.0466. The third-order valence-corrected chi connectivity index (χ3v) is 3.21. The molecule has 1 rings (SSSR count). The fourth-order valence-electron chi connectivity index (χ4n) is 2.09. The highest BCUT2D eigenvalue weighted by Gasteiger charge is 2.22. The minimum atomic E-state index is -0.739. The fraction of sp³-hybridized carbons (Fsp3) is 0.692. The van der Waals surface area contributed by atoms with Crippen LogP contribution in [0.25, 0.3) is 0 Å². The molecule has 1 saturated heterocycles. The number of urea groups is 1. The summed E-state index contributed by atoms with van der Waals surface area (Å²) in [5.41, 5.74) is 0.930. The van der Waals surface area contributed by atoms with Gasteiger partial charge in [-0.2, -0.15) is 0 Å².